The number of cyclic esters (lactones) is 1. The number of carbonyl (C=O) groups is 2. The summed E-state index contributed by atoms with van der Waals surface area (Å²) >= 11 is 3.07. The first kappa shape index (κ1) is 11.9. The standard InChI is InChI=1S/C11H15BrO4/c1-6-7-3-11(2,16-9(13)5-12)4-8(7)10(14)15-6/h6-8H,3-5H2,1-2H3. The SMILES string of the molecule is CC1OC(=O)C2CC(C)(OC(=O)CBr)CC12. The molecule has 1 saturated heterocycles. The van der Waals surface area contributed by atoms with Crippen LogP contribution in [0.15, 0.2) is 0 Å². The number of esters is 2. The van der Waals surface area contributed by atoms with Gasteiger partial charge in [0.25, 0.3) is 0 Å². The zero-order chi connectivity index (χ0) is 11.9. The summed E-state index contributed by atoms with van der Waals surface area (Å²) in [7, 11) is 0. The monoisotopic (exact) mass is 290 g/mol. The lowest BCUT2D eigenvalue weighted by molar-refractivity contribution is -0.158. The Balaban J connectivity index is 2.07. The first-order valence-corrected chi connectivity index (χ1v) is 6.55. The van der Waals surface area contributed by atoms with Gasteiger partial charge in [-0.2, -0.15) is 0 Å². The van der Waals surface area contributed by atoms with E-state index >= 15 is 0 Å². The van der Waals surface area contributed by atoms with Gasteiger partial charge in [-0.15, -0.1) is 0 Å². The van der Waals surface area contributed by atoms with E-state index < -0.39 is 5.60 Å². The molecule has 1 aliphatic carbocycles. The van der Waals surface area contributed by atoms with Crippen LogP contribution < -0.4 is 0 Å². The van der Waals surface area contributed by atoms with Gasteiger partial charge in [0.15, 0.2) is 0 Å². The van der Waals surface area contributed by atoms with Crippen molar-refractivity contribution >= 4 is 27.9 Å². The molecule has 4 nitrogen and oxygen atoms in total. The lowest BCUT2D eigenvalue weighted by Crippen LogP contribution is -2.31. The van der Waals surface area contributed by atoms with Crippen molar-refractivity contribution in [2.75, 3.05) is 5.33 Å². The van der Waals surface area contributed by atoms with Crippen molar-refractivity contribution in [3.63, 3.8) is 0 Å². The average molecular weight is 291 g/mol. The summed E-state index contributed by atoms with van der Waals surface area (Å²) in [6, 6.07) is 0. The molecule has 0 bridgehead atoms. The van der Waals surface area contributed by atoms with E-state index in [0.29, 0.717) is 12.8 Å². The molecule has 1 saturated carbocycles. The molecular weight excluding hydrogens is 276 g/mol. The maximum atomic E-state index is 11.5. The summed E-state index contributed by atoms with van der Waals surface area (Å²) in [5, 5.41) is 0.192. The van der Waals surface area contributed by atoms with E-state index in [-0.39, 0.29) is 35.2 Å². The smallest absolute Gasteiger partial charge is 0.317 e. The average Bonchev–Trinajstić information content (AvgIpc) is 2.66. The second-order valence-electron chi connectivity index (χ2n) is 4.88. The van der Waals surface area contributed by atoms with Crippen molar-refractivity contribution in [2.45, 2.75) is 38.4 Å². The van der Waals surface area contributed by atoms with Gasteiger partial charge in [-0.05, 0) is 20.3 Å². The molecule has 0 aromatic carbocycles. The van der Waals surface area contributed by atoms with Crippen LogP contribution in [0.5, 0.6) is 0 Å². The van der Waals surface area contributed by atoms with Gasteiger partial charge in [-0.25, -0.2) is 0 Å². The summed E-state index contributed by atoms with van der Waals surface area (Å²) in [4.78, 5) is 22.8. The molecule has 0 aromatic rings. The predicted octanol–water partition coefficient (Wildman–Crippen LogP) is 1.65. The topological polar surface area (TPSA) is 52.6 Å². The number of ether oxygens (including phenoxy) is 2. The lowest BCUT2D eigenvalue weighted by atomic mass is 9.95. The van der Waals surface area contributed by atoms with Crippen LogP contribution in [0.3, 0.4) is 0 Å². The van der Waals surface area contributed by atoms with Crippen LogP contribution in [0.25, 0.3) is 0 Å². The van der Waals surface area contributed by atoms with Gasteiger partial charge >= 0.3 is 11.9 Å². The van der Waals surface area contributed by atoms with Crippen LogP contribution in [-0.4, -0.2) is 29.0 Å². The molecular formula is C11H15BrO4. The zero-order valence-electron chi connectivity index (χ0n) is 9.36. The van der Waals surface area contributed by atoms with Crippen LogP contribution in [0.2, 0.25) is 0 Å². The van der Waals surface area contributed by atoms with E-state index in [1.54, 1.807) is 0 Å². The molecule has 2 fully saturated rings. The molecule has 2 aliphatic rings. The van der Waals surface area contributed by atoms with Gasteiger partial charge in [-0.3, -0.25) is 9.59 Å². The highest BCUT2D eigenvalue weighted by Crippen LogP contribution is 2.48. The van der Waals surface area contributed by atoms with Gasteiger partial charge < -0.3 is 9.47 Å². The van der Waals surface area contributed by atoms with E-state index in [0.717, 1.165) is 0 Å². The van der Waals surface area contributed by atoms with Gasteiger partial charge in [0.2, 0.25) is 0 Å². The van der Waals surface area contributed by atoms with Crippen molar-refractivity contribution in [1.29, 1.82) is 0 Å². The van der Waals surface area contributed by atoms with Gasteiger partial charge in [0, 0.05) is 12.3 Å². The molecule has 5 heteroatoms. The molecule has 90 valence electrons. The minimum absolute atomic E-state index is 0.0537. The maximum Gasteiger partial charge on any atom is 0.317 e. The van der Waals surface area contributed by atoms with Crippen LogP contribution in [0.1, 0.15) is 26.7 Å². The Labute approximate surface area is 103 Å². The number of rotatable bonds is 2. The molecule has 0 amide bonds. The summed E-state index contributed by atoms with van der Waals surface area (Å²) < 4.78 is 10.6. The van der Waals surface area contributed by atoms with Crippen LogP contribution >= 0.6 is 15.9 Å². The third kappa shape index (κ3) is 1.97. The van der Waals surface area contributed by atoms with E-state index in [1.165, 1.54) is 0 Å². The van der Waals surface area contributed by atoms with Crippen LogP contribution in [0, 0.1) is 11.8 Å². The molecule has 1 heterocycles. The van der Waals surface area contributed by atoms with Crippen molar-refractivity contribution in [1.82, 2.24) is 0 Å². The molecule has 1 aliphatic heterocycles. The van der Waals surface area contributed by atoms with Crippen molar-refractivity contribution in [3.8, 4) is 0 Å². The van der Waals surface area contributed by atoms with Crippen molar-refractivity contribution in [2.24, 2.45) is 11.8 Å². The summed E-state index contributed by atoms with van der Waals surface area (Å²) in [6.45, 7) is 3.80. The highest BCUT2D eigenvalue weighted by molar-refractivity contribution is 9.09. The first-order valence-electron chi connectivity index (χ1n) is 5.43. The largest absolute Gasteiger partial charge is 0.462 e. The van der Waals surface area contributed by atoms with Gasteiger partial charge in [-0.1, -0.05) is 15.9 Å². The van der Waals surface area contributed by atoms with E-state index in [2.05, 4.69) is 15.9 Å². The van der Waals surface area contributed by atoms with Crippen LogP contribution in [-0.2, 0) is 19.1 Å². The van der Waals surface area contributed by atoms with Gasteiger partial charge in [0.1, 0.15) is 17.0 Å². The molecule has 2 rings (SSSR count). The fourth-order valence-corrected chi connectivity index (χ4v) is 2.95. The number of halogens is 1. The summed E-state index contributed by atoms with van der Waals surface area (Å²) in [5.74, 6) is -0.316. The molecule has 0 aromatic heterocycles. The van der Waals surface area contributed by atoms with Crippen LogP contribution in [0.4, 0.5) is 0 Å². The summed E-state index contributed by atoms with van der Waals surface area (Å²) in [5.41, 5.74) is -0.506. The number of carbonyl (C=O) groups excluding carboxylic acids is 2. The fourth-order valence-electron chi connectivity index (χ4n) is 2.84. The maximum absolute atomic E-state index is 11.5. The Morgan fingerprint density at radius 2 is 2.31 bits per heavy atom. The molecule has 16 heavy (non-hydrogen) atoms. The summed E-state index contributed by atoms with van der Waals surface area (Å²) in [6.07, 6.45) is 1.24. The highest BCUT2D eigenvalue weighted by atomic mass is 79.9. The Morgan fingerprint density at radius 1 is 1.62 bits per heavy atom. The lowest BCUT2D eigenvalue weighted by Gasteiger charge is -2.25. The first-order chi connectivity index (χ1) is 7.45. The van der Waals surface area contributed by atoms with Crippen molar-refractivity contribution < 1.29 is 19.1 Å². The Kier molecular flexibility index (Phi) is 2.99. The third-order valence-electron chi connectivity index (χ3n) is 3.51. The van der Waals surface area contributed by atoms with E-state index in [9.17, 15) is 9.59 Å². The minimum Gasteiger partial charge on any atom is -0.462 e. The molecule has 0 spiro atoms. The Bertz CT molecular complexity index is 330. The highest BCUT2D eigenvalue weighted by Gasteiger charge is 2.54. The quantitative estimate of drug-likeness (QED) is 0.573. The Hall–Kier alpha value is -0.580. The molecule has 4 unspecified atom stereocenters. The molecule has 4 atom stereocenters. The second kappa shape index (κ2) is 4.02. The fraction of sp³-hybridized carbons (Fsp3) is 0.818. The minimum atomic E-state index is -0.506. The molecule has 0 radical (unpaired) electrons. The predicted molar refractivity (Wildman–Crippen MR) is 60.1 cm³/mol. The number of alkyl halides is 1. The van der Waals surface area contributed by atoms with E-state index in [4.69, 9.17) is 9.47 Å². The number of hydrogen-bond acceptors (Lipinski definition) is 4. The second-order valence-corrected chi connectivity index (χ2v) is 5.44. The third-order valence-corrected chi connectivity index (χ3v) is 3.97. The van der Waals surface area contributed by atoms with Gasteiger partial charge in [0.05, 0.1) is 5.92 Å². The van der Waals surface area contributed by atoms with Crippen molar-refractivity contribution in [3.05, 3.63) is 0 Å². The normalized spacial score (nSPS) is 41.7. The number of hydrogen-bond donors (Lipinski definition) is 0. The number of fused-ring (bicyclic) bond motifs is 1. The zero-order valence-corrected chi connectivity index (χ0v) is 11.0. The molecule has 0 N–H and O–H groups in total. The van der Waals surface area contributed by atoms with E-state index in [1.807, 2.05) is 13.8 Å². The Morgan fingerprint density at radius 3 is 2.88 bits per heavy atom.